The van der Waals surface area contributed by atoms with Gasteiger partial charge in [-0.2, -0.15) is 0 Å². The third-order valence-electron chi connectivity index (χ3n) is 3.97. The van der Waals surface area contributed by atoms with Crippen molar-refractivity contribution in [3.05, 3.63) is 66.3 Å². The van der Waals surface area contributed by atoms with Crippen LogP contribution in [0.25, 0.3) is 0 Å². The van der Waals surface area contributed by atoms with Gasteiger partial charge in [0.2, 0.25) is 0 Å². The maximum Gasteiger partial charge on any atom is 0.149 e. The van der Waals surface area contributed by atoms with Crippen LogP contribution in [0, 0.1) is 0 Å². The monoisotopic (exact) mass is 296 g/mol. The maximum absolute atomic E-state index is 6.32. The SMILES string of the molecule is CCC/C=C/C1(Oc2ccc(CCCC)cc2)C=CC=CC1. The summed E-state index contributed by atoms with van der Waals surface area (Å²) in [5.41, 5.74) is 1.07. The van der Waals surface area contributed by atoms with Crippen molar-refractivity contribution >= 4 is 0 Å². The topological polar surface area (TPSA) is 9.23 Å². The minimum absolute atomic E-state index is 0.325. The molecule has 0 N–H and O–H groups in total. The first-order valence-corrected chi connectivity index (χ1v) is 8.58. The minimum Gasteiger partial charge on any atom is -0.479 e. The molecule has 0 fully saturated rings. The average molecular weight is 296 g/mol. The predicted molar refractivity (Wildman–Crippen MR) is 95.4 cm³/mol. The highest BCUT2D eigenvalue weighted by atomic mass is 16.5. The Morgan fingerprint density at radius 3 is 2.55 bits per heavy atom. The van der Waals surface area contributed by atoms with Crippen molar-refractivity contribution in [3.63, 3.8) is 0 Å². The lowest BCUT2D eigenvalue weighted by Crippen LogP contribution is -2.31. The van der Waals surface area contributed by atoms with Gasteiger partial charge in [-0.25, -0.2) is 0 Å². The van der Waals surface area contributed by atoms with Gasteiger partial charge in [0.1, 0.15) is 11.4 Å². The quantitative estimate of drug-likeness (QED) is 0.533. The summed E-state index contributed by atoms with van der Waals surface area (Å²) in [7, 11) is 0. The second-order valence-electron chi connectivity index (χ2n) is 5.99. The third kappa shape index (κ3) is 4.91. The molecule has 0 bridgehead atoms. The molecule has 1 aromatic carbocycles. The van der Waals surface area contributed by atoms with Gasteiger partial charge in [-0.15, -0.1) is 0 Å². The zero-order chi connectivity index (χ0) is 15.7. The number of benzene rings is 1. The van der Waals surface area contributed by atoms with Gasteiger partial charge in [0.15, 0.2) is 0 Å². The fraction of sp³-hybridized carbons (Fsp3) is 0.429. The van der Waals surface area contributed by atoms with Crippen molar-refractivity contribution in [3.8, 4) is 5.75 Å². The van der Waals surface area contributed by atoms with Crippen molar-refractivity contribution in [2.75, 3.05) is 0 Å². The molecule has 1 unspecified atom stereocenters. The van der Waals surface area contributed by atoms with Crippen LogP contribution in [0.1, 0.15) is 51.5 Å². The Morgan fingerprint density at radius 2 is 1.91 bits per heavy atom. The molecule has 0 heterocycles. The van der Waals surface area contributed by atoms with Crippen molar-refractivity contribution in [2.45, 2.75) is 58.0 Å². The van der Waals surface area contributed by atoms with E-state index in [9.17, 15) is 0 Å². The van der Waals surface area contributed by atoms with E-state index in [2.05, 4.69) is 74.6 Å². The van der Waals surface area contributed by atoms with Crippen LogP contribution in [-0.4, -0.2) is 5.60 Å². The summed E-state index contributed by atoms with van der Waals surface area (Å²) in [6, 6.07) is 8.59. The highest BCUT2D eigenvalue weighted by Gasteiger charge is 2.25. The highest BCUT2D eigenvalue weighted by Crippen LogP contribution is 2.28. The van der Waals surface area contributed by atoms with Crippen LogP contribution in [0.15, 0.2) is 60.7 Å². The first kappa shape index (κ1) is 16.6. The predicted octanol–water partition coefficient (Wildman–Crippen LogP) is 6.02. The van der Waals surface area contributed by atoms with E-state index in [0.29, 0.717) is 0 Å². The Labute approximate surface area is 135 Å². The molecule has 0 spiro atoms. The summed E-state index contributed by atoms with van der Waals surface area (Å²) in [5, 5.41) is 0. The third-order valence-corrected chi connectivity index (χ3v) is 3.97. The molecule has 1 aliphatic carbocycles. The Balaban J connectivity index is 2.07. The van der Waals surface area contributed by atoms with E-state index in [1.165, 1.54) is 18.4 Å². The van der Waals surface area contributed by atoms with Crippen LogP contribution < -0.4 is 4.74 Å². The van der Waals surface area contributed by atoms with Crippen LogP contribution >= 0.6 is 0 Å². The number of hydrogen-bond acceptors (Lipinski definition) is 1. The van der Waals surface area contributed by atoms with Gasteiger partial charge < -0.3 is 4.74 Å². The second kappa shape index (κ2) is 8.63. The summed E-state index contributed by atoms with van der Waals surface area (Å²) in [6.45, 7) is 4.43. The van der Waals surface area contributed by atoms with Gasteiger partial charge in [-0.3, -0.25) is 0 Å². The summed E-state index contributed by atoms with van der Waals surface area (Å²) in [5.74, 6) is 0.946. The molecule has 0 saturated heterocycles. The number of hydrogen-bond donors (Lipinski definition) is 0. The first-order valence-electron chi connectivity index (χ1n) is 8.58. The Hall–Kier alpha value is -1.76. The molecule has 0 aliphatic heterocycles. The minimum atomic E-state index is -0.325. The average Bonchev–Trinajstić information content (AvgIpc) is 2.55. The largest absolute Gasteiger partial charge is 0.479 e. The zero-order valence-electron chi connectivity index (χ0n) is 13.9. The molecule has 0 aromatic heterocycles. The van der Waals surface area contributed by atoms with Crippen molar-refractivity contribution in [2.24, 2.45) is 0 Å². The standard InChI is InChI=1S/C21H28O/c1-3-5-8-16-21(17-9-7-10-18-21)22-20-14-12-19(13-15-20)11-6-4-2/h7-10,12-17H,3-6,11,18H2,1-2H3/b16-8+. The smallest absolute Gasteiger partial charge is 0.149 e. The van der Waals surface area contributed by atoms with Crippen LogP contribution in [0.2, 0.25) is 0 Å². The molecule has 118 valence electrons. The van der Waals surface area contributed by atoms with Crippen LogP contribution in [0.4, 0.5) is 0 Å². The molecule has 0 radical (unpaired) electrons. The van der Waals surface area contributed by atoms with Crippen LogP contribution in [-0.2, 0) is 6.42 Å². The number of allylic oxidation sites excluding steroid dienone is 3. The number of aryl methyl sites for hydroxylation is 1. The summed E-state index contributed by atoms with van der Waals surface area (Å²) < 4.78 is 6.32. The first-order chi connectivity index (χ1) is 10.8. The van der Waals surface area contributed by atoms with Gasteiger partial charge in [0, 0.05) is 6.42 Å². The number of unbranched alkanes of at least 4 members (excludes halogenated alkanes) is 2. The molecule has 1 nitrogen and oxygen atoms in total. The van der Waals surface area contributed by atoms with E-state index in [1.807, 2.05) is 0 Å². The summed E-state index contributed by atoms with van der Waals surface area (Å²) in [4.78, 5) is 0. The normalized spacial score (nSPS) is 20.6. The van der Waals surface area contributed by atoms with E-state index in [0.717, 1.165) is 31.4 Å². The lowest BCUT2D eigenvalue weighted by atomic mass is 9.94. The number of rotatable bonds is 8. The van der Waals surface area contributed by atoms with Crippen molar-refractivity contribution in [1.82, 2.24) is 0 Å². The summed E-state index contributed by atoms with van der Waals surface area (Å²) >= 11 is 0. The molecular formula is C21H28O. The summed E-state index contributed by atoms with van der Waals surface area (Å²) in [6.07, 6.45) is 19.7. The fourth-order valence-corrected chi connectivity index (χ4v) is 2.62. The lowest BCUT2D eigenvalue weighted by Gasteiger charge is -2.29. The molecule has 1 heteroatoms. The van der Waals surface area contributed by atoms with Gasteiger partial charge >= 0.3 is 0 Å². The molecule has 1 aromatic rings. The van der Waals surface area contributed by atoms with E-state index in [-0.39, 0.29) is 5.60 Å². The van der Waals surface area contributed by atoms with Gasteiger partial charge in [0.25, 0.3) is 0 Å². The van der Waals surface area contributed by atoms with E-state index in [4.69, 9.17) is 4.74 Å². The van der Waals surface area contributed by atoms with Gasteiger partial charge in [-0.05, 0) is 49.1 Å². The molecule has 22 heavy (non-hydrogen) atoms. The van der Waals surface area contributed by atoms with Crippen molar-refractivity contribution in [1.29, 1.82) is 0 Å². The molecule has 0 saturated carbocycles. The Kier molecular flexibility index (Phi) is 6.51. The molecular weight excluding hydrogens is 268 g/mol. The fourth-order valence-electron chi connectivity index (χ4n) is 2.62. The number of ether oxygens (including phenoxy) is 1. The molecule has 1 atom stereocenters. The van der Waals surface area contributed by atoms with E-state index < -0.39 is 0 Å². The van der Waals surface area contributed by atoms with Crippen LogP contribution in [0.5, 0.6) is 5.75 Å². The zero-order valence-corrected chi connectivity index (χ0v) is 13.9. The Morgan fingerprint density at radius 1 is 1.09 bits per heavy atom. The van der Waals surface area contributed by atoms with Crippen LogP contribution in [0.3, 0.4) is 0 Å². The second-order valence-corrected chi connectivity index (χ2v) is 5.99. The van der Waals surface area contributed by atoms with E-state index in [1.54, 1.807) is 0 Å². The van der Waals surface area contributed by atoms with E-state index >= 15 is 0 Å². The lowest BCUT2D eigenvalue weighted by molar-refractivity contribution is 0.173. The Bertz CT molecular complexity index is 521. The van der Waals surface area contributed by atoms with Gasteiger partial charge in [-0.1, -0.05) is 63.1 Å². The van der Waals surface area contributed by atoms with Gasteiger partial charge in [0.05, 0.1) is 0 Å². The molecule has 1 aliphatic rings. The molecule has 2 rings (SSSR count). The van der Waals surface area contributed by atoms with Crippen molar-refractivity contribution < 1.29 is 4.74 Å². The maximum atomic E-state index is 6.32. The highest BCUT2D eigenvalue weighted by molar-refractivity contribution is 5.32. The molecule has 0 amide bonds.